The Hall–Kier alpha value is -1.84. The normalized spacial score (nSPS) is 19.8. The number of hydrogen-bond acceptors (Lipinski definition) is 5. The van der Waals surface area contributed by atoms with E-state index in [4.69, 9.17) is 10.8 Å². The van der Waals surface area contributed by atoms with Crippen LogP contribution in [0.1, 0.15) is 19.3 Å². The van der Waals surface area contributed by atoms with Crippen LogP contribution in [0.15, 0.2) is 0 Å². The number of aliphatic carboxylic acids is 1. The smallest absolute Gasteiger partial charge is 0.326 e. The molecule has 0 saturated carbocycles. The predicted molar refractivity (Wildman–Crippen MR) is 68.6 cm³/mol. The van der Waals surface area contributed by atoms with E-state index in [0.29, 0.717) is 0 Å². The number of carbonyl (C=O) groups is 3. The molecule has 3 amide bonds. The highest BCUT2D eigenvalue weighted by atomic mass is 32.2. The molecule has 1 saturated heterocycles. The van der Waals surface area contributed by atoms with Crippen molar-refractivity contribution in [1.82, 2.24) is 10.6 Å². The van der Waals surface area contributed by atoms with Crippen LogP contribution in [0.2, 0.25) is 0 Å². The van der Waals surface area contributed by atoms with E-state index in [1.165, 1.54) is 0 Å². The average Bonchev–Trinajstić information content (AvgIpc) is 2.30. The van der Waals surface area contributed by atoms with E-state index < -0.39 is 40.2 Å². The first-order valence-corrected chi connectivity index (χ1v) is 7.80. The second-order valence-electron chi connectivity index (χ2n) is 4.61. The van der Waals surface area contributed by atoms with E-state index in [2.05, 4.69) is 10.6 Å². The lowest BCUT2D eigenvalue weighted by Gasteiger charge is -2.24. The lowest BCUT2D eigenvalue weighted by atomic mass is 10.1. The first-order valence-electron chi connectivity index (χ1n) is 5.98. The van der Waals surface area contributed by atoms with E-state index in [0.717, 1.165) is 0 Å². The molecule has 0 aromatic rings. The van der Waals surface area contributed by atoms with Gasteiger partial charge in [-0.25, -0.2) is 18.0 Å². The molecule has 1 unspecified atom stereocenters. The van der Waals surface area contributed by atoms with E-state index in [1.807, 2.05) is 0 Å². The van der Waals surface area contributed by atoms with Crippen molar-refractivity contribution in [2.75, 3.05) is 11.5 Å². The Morgan fingerprint density at radius 2 is 1.80 bits per heavy atom. The number of carboxylic acids is 1. The van der Waals surface area contributed by atoms with Gasteiger partial charge in [0.1, 0.15) is 15.9 Å². The van der Waals surface area contributed by atoms with Gasteiger partial charge in [0.2, 0.25) is 5.91 Å². The van der Waals surface area contributed by atoms with Crippen molar-refractivity contribution < 1.29 is 27.9 Å². The third-order valence-electron chi connectivity index (χ3n) is 2.90. The van der Waals surface area contributed by atoms with Crippen molar-refractivity contribution in [3.05, 3.63) is 0 Å². The molecular formula is C10H17N3O6S. The fraction of sp³-hybridized carbons (Fsp3) is 0.700. The third-order valence-corrected chi connectivity index (χ3v) is 4.61. The Morgan fingerprint density at radius 3 is 2.25 bits per heavy atom. The summed E-state index contributed by atoms with van der Waals surface area (Å²) in [5.41, 5.74) is 4.88. The largest absolute Gasteiger partial charge is 0.480 e. The van der Waals surface area contributed by atoms with Crippen LogP contribution in [0, 0.1) is 0 Å². The third kappa shape index (κ3) is 5.43. The minimum absolute atomic E-state index is 0.0123. The van der Waals surface area contributed by atoms with E-state index >= 15 is 0 Å². The lowest BCUT2D eigenvalue weighted by molar-refractivity contribution is -0.140. The zero-order valence-electron chi connectivity index (χ0n) is 10.7. The zero-order chi connectivity index (χ0) is 15.3. The number of nitrogens with two attached hydrogens (primary N) is 1. The van der Waals surface area contributed by atoms with E-state index in [1.54, 1.807) is 0 Å². The summed E-state index contributed by atoms with van der Waals surface area (Å²) in [7, 11) is -3.03. The summed E-state index contributed by atoms with van der Waals surface area (Å²) in [5, 5.41) is 13.4. The highest BCUT2D eigenvalue weighted by Crippen LogP contribution is 2.11. The van der Waals surface area contributed by atoms with E-state index in [9.17, 15) is 22.8 Å². The molecule has 0 radical (unpaired) electrons. The van der Waals surface area contributed by atoms with Gasteiger partial charge in [0, 0.05) is 6.04 Å². The molecule has 1 aliphatic heterocycles. The summed E-state index contributed by atoms with van der Waals surface area (Å²) < 4.78 is 22.4. The van der Waals surface area contributed by atoms with Crippen LogP contribution in [0.25, 0.3) is 0 Å². The topological polar surface area (TPSA) is 156 Å². The molecular weight excluding hydrogens is 290 g/mol. The van der Waals surface area contributed by atoms with Crippen LogP contribution < -0.4 is 16.4 Å². The quantitative estimate of drug-likeness (QED) is 0.469. The summed E-state index contributed by atoms with van der Waals surface area (Å²) in [6.45, 7) is 0. The van der Waals surface area contributed by atoms with Crippen LogP contribution >= 0.6 is 0 Å². The average molecular weight is 307 g/mol. The van der Waals surface area contributed by atoms with Gasteiger partial charge in [-0.15, -0.1) is 0 Å². The molecule has 10 heteroatoms. The molecule has 1 atom stereocenters. The Kier molecular flexibility index (Phi) is 5.31. The molecule has 114 valence electrons. The van der Waals surface area contributed by atoms with Gasteiger partial charge in [0.25, 0.3) is 0 Å². The molecule has 0 bridgehead atoms. The molecule has 20 heavy (non-hydrogen) atoms. The van der Waals surface area contributed by atoms with Gasteiger partial charge in [-0.3, -0.25) is 4.79 Å². The first kappa shape index (κ1) is 16.2. The van der Waals surface area contributed by atoms with Crippen molar-refractivity contribution in [1.29, 1.82) is 0 Å². The SMILES string of the molecule is NC(=O)CC(NC(=O)NC1CCS(=O)(=O)CC1)C(=O)O. The predicted octanol–water partition coefficient (Wildman–Crippen LogP) is -1.81. The Bertz CT molecular complexity index is 489. The number of carbonyl (C=O) groups excluding carboxylic acids is 2. The first-order chi connectivity index (χ1) is 9.19. The molecule has 1 rings (SSSR count). The minimum atomic E-state index is -3.03. The summed E-state index contributed by atoms with van der Waals surface area (Å²) in [6.07, 6.45) is 0.0500. The Labute approximate surface area is 115 Å². The van der Waals surface area contributed by atoms with E-state index in [-0.39, 0.29) is 30.4 Å². The molecule has 0 aromatic carbocycles. The minimum Gasteiger partial charge on any atom is -0.480 e. The molecule has 1 aliphatic rings. The molecule has 5 N–H and O–H groups in total. The van der Waals surface area contributed by atoms with Gasteiger partial charge in [0.05, 0.1) is 17.9 Å². The van der Waals surface area contributed by atoms with Crippen molar-refractivity contribution in [2.45, 2.75) is 31.3 Å². The van der Waals surface area contributed by atoms with Gasteiger partial charge < -0.3 is 21.5 Å². The van der Waals surface area contributed by atoms with Gasteiger partial charge in [0.15, 0.2) is 0 Å². The summed E-state index contributed by atoms with van der Waals surface area (Å²) in [4.78, 5) is 33.1. The van der Waals surface area contributed by atoms with Gasteiger partial charge in [-0.1, -0.05) is 0 Å². The molecule has 1 heterocycles. The molecule has 0 spiro atoms. The van der Waals surface area contributed by atoms with Crippen LogP contribution in [0.3, 0.4) is 0 Å². The zero-order valence-corrected chi connectivity index (χ0v) is 11.5. The highest BCUT2D eigenvalue weighted by Gasteiger charge is 2.27. The van der Waals surface area contributed by atoms with Crippen molar-refractivity contribution in [2.24, 2.45) is 5.73 Å². The van der Waals surface area contributed by atoms with Crippen molar-refractivity contribution >= 4 is 27.7 Å². The van der Waals surface area contributed by atoms with Crippen LogP contribution in [-0.4, -0.2) is 55.0 Å². The molecule has 1 fully saturated rings. The molecule has 0 aliphatic carbocycles. The number of rotatable bonds is 5. The second kappa shape index (κ2) is 6.55. The van der Waals surface area contributed by atoms with Crippen molar-refractivity contribution in [3.63, 3.8) is 0 Å². The van der Waals surface area contributed by atoms with Gasteiger partial charge >= 0.3 is 12.0 Å². The summed E-state index contributed by atoms with van der Waals surface area (Å²) in [5.74, 6) is -2.24. The highest BCUT2D eigenvalue weighted by molar-refractivity contribution is 7.91. The monoisotopic (exact) mass is 307 g/mol. The van der Waals surface area contributed by atoms with Crippen LogP contribution in [-0.2, 0) is 19.4 Å². The number of hydrogen-bond donors (Lipinski definition) is 4. The Morgan fingerprint density at radius 1 is 1.25 bits per heavy atom. The maximum absolute atomic E-state index is 11.6. The fourth-order valence-electron chi connectivity index (χ4n) is 1.82. The standard InChI is InChI=1S/C10H17N3O6S/c11-8(14)5-7(9(15)16)13-10(17)12-6-1-3-20(18,19)4-2-6/h6-7H,1-5H2,(H2,11,14)(H,15,16)(H2,12,13,17). The van der Waals surface area contributed by atoms with Crippen LogP contribution in [0.5, 0.6) is 0 Å². The number of urea groups is 1. The Balaban J connectivity index is 2.46. The summed E-state index contributed by atoms with van der Waals surface area (Å²) >= 11 is 0. The molecule has 0 aromatic heterocycles. The maximum atomic E-state index is 11.6. The lowest BCUT2D eigenvalue weighted by Crippen LogP contribution is -2.51. The maximum Gasteiger partial charge on any atom is 0.326 e. The van der Waals surface area contributed by atoms with Crippen molar-refractivity contribution in [3.8, 4) is 0 Å². The number of sulfone groups is 1. The van der Waals surface area contributed by atoms with Crippen LogP contribution in [0.4, 0.5) is 4.79 Å². The number of carboxylic acid groups (broad SMARTS) is 1. The second-order valence-corrected chi connectivity index (χ2v) is 6.91. The number of nitrogens with one attached hydrogen (secondary N) is 2. The molecule has 9 nitrogen and oxygen atoms in total. The number of primary amides is 1. The fourth-order valence-corrected chi connectivity index (χ4v) is 3.31. The van der Waals surface area contributed by atoms with Gasteiger partial charge in [-0.2, -0.15) is 0 Å². The number of amides is 3. The summed E-state index contributed by atoms with van der Waals surface area (Å²) in [6, 6.07) is -2.50. The van der Waals surface area contributed by atoms with Gasteiger partial charge in [-0.05, 0) is 12.8 Å².